The van der Waals surface area contributed by atoms with E-state index in [1.807, 2.05) is 0 Å². The van der Waals surface area contributed by atoms with E-state index in [1.165, 1.54) is 19.3 Å². The molecule has 0 spiro atoms. The fourth-order valence-corrected chi connectivity index (χ4v) is 1.71. The fourth-order valence-electron chi connectivity index (χ4n) is 1.71. The number of hydrogen-bond acceptors (Lipinski definition) is 2. The van der Waals surface area contributed by atoms with Crippen molar-refractivity contribution in [1.29, 1.82) is 0 Å². The second kappa shape index (κ2) is 4.07. The predicted molar refractivity (Wildman–Crippen MR) is 48.5 cm³/mol. The quantitative estimate of drug-likeness (QED) is 0.628. The molecule has 1 fully saturated rings. The lowest BCUT2D eigenvalue weighted by atomic mass is 9.94. The third-order valence-corrected chi connectivity index (χ3v) is 2.31. The third kappa shape index (κ3) is 3.21. The maximum atomic E-state index is 5.77. The van der Waals surface area contributed by atoms with Crippen LogP contribution in [-0.4, -0.2) is 18.6 Å². The van der Waals surface area contributed by atoms with Crippen molar-refractivity contribution < 1.29 is 0 Å². The van der Waals surface area contributed by atoms with Crippen LogP contribution in [0.2, 0.25) is 0 Å². The van der Waals surface area contributed by atoms with Gasteiger partial charge in [-0.05, 0) is 25.2 Å². The van der Waals surface area contributed by atoms with Crippen molar-refractivity contribution in [2.24, 2.45) is 11.7 Å². The highest BCUT2D eigenvalue weighted by molar-refractivity contribution is 4.79. The molecule has 11 heavy (non-hydrogen) atoms. The number of hydrogen-bond donors (Lipinski definition) is 2. The zero-order valence-corrected chi connectivity index (χ0v) is 7.64. The molecular weight excluding hydrogens is 136 g/mol. The van der Waals surface area contributed by atoms with Gasteiger partial charge < -0.3 is 11.1 Å². The van der Waals surface area contributed by atoms with Crippen molar-refractivity contribution >= 4 is 0 Å². The molecule has 0 aromatic heterocycles. The molecule has 0 saturated carbocycles. The Balaban J connectivity index is 2.17. The van der Waals surface area contributed by atoms with Crippen molar-refractivity contribution in [1.82, 2.24) is 5.32 Å². The van der Waals surface area contributed by atoms with Crippen LogP contribution in [0.25, 0.3) is 0 Å². The Bertz CT molecular complexity index is 104. The minimum Gasteiger partial charge on any atom is -0.327 e. The SMILES string of the molecule is CC(C)CC1CCC(N)CN1. The van der Waals surface area contributed by atoms with Gasteiger partial charge in [0.15, 0.2) is 0 Å². The first-order valence-electron chi connectivity index (χ1n) is 4.67. The predicted octanol–water partition coefficient (Wildman–Crippen LogP) is 1.11. The smallest absolute Gasteiger partial charge is 0.0165 e. The second-order valence-electron chi connectivity index (χ2n) is 4.07. The molecule has 1 aliphatic heterocycles. The summed E-state index contributed by atoms with van der Waals surface area (Å²) in [5.41, 5.74) is 5.77. The Kier molecular flexibility index (Phi) is 3.34. The topological polar surface area (TPSA) is 38.0 Å². The Morgan fingerprint density at radius 1 is 1.45 bits per heavy atom. The van der Waals surface area contributed by atoms with Gasteiger partial charge in [0.2, 0.25) is 0 Å². The Morgan fingerprint density at radius 2 is 2.18 bits per heavy atom. The minimum atomic E-state index is 0.401. The lowest BCUT2D eigenvalue weighted by Crippen LogP contribution is -2.45. The van der Waals surface area contributed by atoms with Crippen LogP contribution in [0.1, 0.15) is 33.1 Å². The molecule has 0 radical (unpaired) electrons. The highest BCUT2D eigenvalue weighted by Crippen LogP contribution is 2.13. The molecule has 66 valence electrons. The van der Waals surface area contributed by atoms with Crippen molar-refractivity contribution in [2.75, 3.05) is 6.54 Å². The average molecular weight is 156 g/mol. The van der Waals surface area contributed by atoms with Crippen LogP contribution in [-0.2, 0) is 0 Å². The monoisotopic (exact) mass is 156 g/mol. The van der Waals surface area contributed by atoms with E-state index < -0.39 is 0 Å². The van der Waals surface area contributed by atoms with Gasteiger partial charge in [0.25, 0.3) is 0 Å². The highest BCUT2D eigenvalue weighted by atomic mass is 15.0. The zero-order valence-electron chi connectivity index (χ0n) is 7.64. The van der Waals surface area contributed by atoms with Crippen molar-refractivity contribution in [3.05, 3.63) is 0 Å². The fraction of sp³-hybridized carbons (Fsp3) is 1.00. The van der Waals surface area contributed by atoms with E-state index in [0.29, 0.717) is 6.04 Å². The summed E-state index contributed by atoms with van der Waals surface area (Å²) in [7, 11) is 0. The zero-order chi connectivity index (χ0) is 8.27. The Hall–Kier alpha value is -0.0800. The summed E-state index contributed by atoms with van der Waals surface area (Å²) in [6.07, 6.45) is 3.76. The molecule has 0 bridgehead atoms. The molecule has 3 N–H and O–H groups in total. The van der Waals surface area contributed by atoms with Gasteiger partial charge in [0, 0.05) is 18.6 Å². The lowest BCUT2D eigenvalue weighted by molar-refractivity contribution is 0.323. The minimum absolute atomic E-state index is 0.401. The molecule has 0 aliphatic carbocycles. The Morgan fingerprint density at radius 3 is 2.64 bits per heavy atom. The average Bonchev–Trinajstić information content (AvgIpc) is 1.93. The highest BCUT2D eigenvalue weighted by Gasteiger charge is 2.17. The molecule has 0 aromatic rings. The molecule has 2 unspecified atom stereocenters. The van der Waals surface area contributed by atoms with Crippen LogP contribution < -0.4 is 11.1 Å². The van der Waals surface area contributed by atoms with E-state index in [9.17, 15) is 0 Å². The van der Waals surface area contributed by atoms with Gasteiger partial charge >= 0.3 is 0 Å². The van der Waals surface area contributed by atoms with Crippen molar-refractivity contribution in [3.63, 3.8) is 0 Å². The van der Waals surface area contributed by atoms with Gasteiger partial charge in [-0.25, -0.2) is 0 Å². The first kappa shape index (κ1) is 9.01. The van der Waals surface area contributed by atoms with Gasteiger partial charge in [-0.15, -0.1) is 0 Å². The summed E-state index contributed by atoms with van der Waals surface area (Å²) in [5.74, 6) is 0.807. The first-order valence-corrected chi connectivity index (χ1v) is 4.67. The Labute approximate surface area is 69.5 Å². The number of nitrogens with one attached hydrogen (secondary N) is 1. The molecular formula is C9H20N2. The summed E-state index contributed by atoms with van der Waals surface area (Å²) < 4.78 is 0. The summed E-state index contributed by atoms with van der Waals surface area (Å²) >= 11 is 0. The van der Waals surface area contributed by atoms with E-state index >= 15 is 0 Å². The van der Waals surface area contributed by atoms with Gasteiger partial charge in [0.1, 0.15) is 0 Å². The van der Waals surface area contributed by atoms with Crippen molar-refractivity contribution in [3.8, 4) is 0 Å². The summed E-state index contributed by atoms with van der Waals surface area (Å²) in [6.45, 7) is 5.56. The van der Waals surface area contributed by atoms with Crippen LogP contribution in [0.3, 0.4) is 0 Å². The van der Waals surface area contributed by atoms with Crippen LogP contribution >= 0.6 is 0 Å². The summed E-state index contributed by atoms with van der Waals surface area (Å²) in [6, 6.07) is 1.13. The third-order valence-electron chi connectivity index (χ3n) is 2.31. The number of rotatable bonds is 2. The molecule has 1 rings (SSSR count). The maximum Gasteiger partial charge on any atom is 0.0165 e. The lowest BCUT2D eigenvalue weighted by Gasteiger charge is -2.28. The van der Waals surface area contributed by atoms with Gasteiger partial charge in [0.05, 0.1) is 0 Å². The van der Waals surface area contributed by atoms with E-state index in [-0.39, 0.29) is 0 Å². The van der Waals surface area contributed by atoms with Crippen LogP contribution in [0.4, 0.5) is 0 Å². The summed E-state index contributed by atoms with van der Waals surface area (Å²) in [4.78, 5) is 0. The second-order valence-corrected chi connectivity index (χ2v) is 4.07. The van der Waals surface area contributed by atoms with E-state index in [4.69, 9.17) is 5.73 Å². The standard InChI is InChI=1S/C9H20N2/c1-7(2)5-9-4-3-8(10)6-11-9/h7-9,11H,3-6,10H2,1-2H3. The maximum absolute atomic E-state index is 5.77. The van der Waals surface area contributed by atoms with E-state index in [1.54, 1.807) is 0 Å². The number of piperidine rings is 1. The number of nitrogens with two attached hydrogens (primary N) is 1. The van der Waals surface area contributed by atoms with Gasteiger partial charge in [-0.3, -0.25) is 0 Å². The largest absolute Gasteiger partial charge is 0.327 e. The normalized spacial score (nSPS) is 32.7. The molecule has 1 saturated heterocycles. The van der Waals surface area contributed by atoms with Crippen LogP contribution in [0.15, 0.2) is 0 Å². The molecule has 2 atom stereocenters. The molecule has 1 heterocycles. The molecule has 0 amide bonds. The molecule has 1 aliphatic rings. The van der Waals surface area contributed by atoms with Crippen molar-refractivity contribution in [2.45, 2.75) is 45.2 Å². The van der Waals surface area contributed by atoms with E-state index in [0.717, 1.165) is 18.5 Å². The van der Waals surface area contributed by atoms with Crippen LogP contribution in [0.5, 0.6) is 0 Å². The molecule has 2 nitrogen and oxygen atoms in total. The van der Waals surface area contributed by atoms with E-state index in [2.05, 4.69) is 19.2 Å². The van der Waals surface area contributed by atoms with Gasteiger partial charge in [-0.2, -0.15) is 0 Å². The molecule has 2 heteroatoms. The first-order chi connectivity index (χ1) is 5.18. The van der Waals surface area contributed by atoms with Gasteiger partial charge in [-0.1, -0.05) is 13.8 Å². The molecule has 0 aromatic carbocycles. The van der Waals surface area contributed by atoms with Crippen LogP contribution in [0, 0.1) is 5.92 Å². The summed E-state index contributed by atoms with van der Waals surface area (Å²) in [5, 5.41) is 3.48.